The molecule has 0 unspecified atom stereocenters. The van der Waals surface area contributed by atoms with E-state index >= 15 is 0 Å². The van der Waals surface area contributed by atoms with Crippen molar-refractivity contribution in [1.82, 2.24) is 10.2 Å². The van der Waals surface area contributed by atoms with Gasteiger partial charge < -0.3 is 25.4 Å². The van der Waals surface area contributed by atoms with Crippen molar-refractivity contribution in [2.75, 3.05) is 20.3 Å². The maximum Gasteiger partial charge on any atom is 0.317 e. The summed E-state index contributed by atoms with van der Waals surface area (Å²) in [4.78, 5) is 13.9. The van der Waals surface area contributed by atoms with Gasteiger partial charge in [-0.3, -0.25) is 0 Å². The number of rotatable bonds is 3. The van der Waals surface area contributed by atoms with E-state index in [1.165, 1.54) is 0 Å². The minimum Gasteiger partial charge on any atom is -0.490 e. The summed E-state index contributed by atoms with van der Waals surface area (Å²) < 4.78 is 11.4. The number of hydrogen-bond donors (Lipinski definition) is 2. The molecule has 6 heteroatoms. The number of benzene rings is 1. The van der Waals surface area contributed by atoms with Gasteiger partial charge in [0.15, 0.2) is 11.5 Å². The van der Waals surface area contributed by atoms with E-state index in [9.17, 15) is 4.79 Å². The molecular weight excluding hydrogens is 282 g/mol. The van der Waals surface area contributed by atoms with Crippen molar-refractivity contribution in [2.45, 2.75) is 37.9 Å². The number of nitrogens with one attached hydrogen (secondary N) is 1. The summed E-state index contributed by atoms with van der Waals surface area (Å²) >= 11 is 0. The molecule has 6 nitrogen and oxygen atoms in total. The van der Waals surface area contributed by atoms with Crippen molar-refractivity contribution in [1.29, 1.82) is 0 Å². The molecule has 1 aromatic rings. The lowest BCUT2D eigenvalue weighted by atomic mass is 9.87. The number of carbonyl (C=O) groups is 1. The number of ether oxygens (including phenoxy) is 2. The molecule has 1 aliphatic heterocycles. The first-order valence-electron chi connectivity index (χ1n) is 7.79. The largest absolute Gasteiger partial charge is 0.490 e. The molecule has 0 aromatic heterocycles. The van der Waals surface area contributed by atoms with Crippen molar-refractivity contribution >= 4 is 6.03 Å². The zero-order valence-electron chi connectivity index (χ0n) is 12.9. The summed E-state index contributed by atoms with van der Waals surface area (Å²) in [6.07, 6.45) is 2.62. The lowest BCUT2D eigenvalue weighted by molar-refractivity contribution is 0.145. The Hall–Kier alpha value is -1.95. The predicted octanol–water partition coefficient (Wildman–Crippen LogP) is 1.48. The second-order valence-corrected chi connectivity index (χ2v) is 5.95. The third kappa shape index (κ3) is 3.11. The van der Waals surface area contributed by atoms with Crippen LogP contribution in [0.2, 0.25) is 0 Å². The molecule has 1 fully saturated rings. The monoisotopic (exact) mass is 305 g/mol. The van der Waals surface area contributed by atoms with Crippen LogP contribution in [0.1, 0.15) is 24.8 Å². The van der Waals surface area contributed by atoms with Crippen LogP contribution in [0.3, 0.4) is 0 Å². The summed E-state index contributed by atoms with van der Waals surface area (Å²) in [5.41, 5.74) is 6.71. The van der Waals surface area contributed by atoms with Crippen LogP contribution in [0, 0.1) is 0 Å². The van der Waals surface area contributed by atoms with Gasteiger partial charge in [0, 0.05) is 37.7 Å². The second kappa shape index (κ2) is 6.44. The van der Waals surface area contributed by atoms with Gasteiger partial charge in [-0.25, -0.2) is 4.79 Å². The van der Waals surface area contributed by atoms with Crippen LogP contribution < -0.4 is 20.5 Å². The smallest absolute Gasteiger partial charge is 0.317 e. The number of hydrogen-bond acceptors (Lipinski definition) is 4. The van der Waals surface area contributed by atoms with E-state index in [1.54, 1.807) is 4.90 Å². The molecule has 2 aliphatic rings. The van der Waals surface area contributed by atoms with Crippen molar-refractivity contribution in [2.24, 2.45) is 5.73 Å². The maximum atomic E-state index is 12.2. The molecule has 0 radical (unpaired) electrons. The quantitative estimate of drug-likeness (QED) is 0.887. The van der Waals surface area contributed by atoms with Gasteiger partial charge in [-0.15, -0.1) is 0 Å². The van der Waals surface area contributed by atoms with E-state index in [1.807, 2.05) is 25.2 Å². The Kier molecular flexibility index (Phi) is 4.38. The summed E-state index contributed by atoms with van der Waals surface area (Å²) in [5.74, 6) is 1.50. The summed E-state index contributed by atoms with van der Waals surface area (Å²) in [6.45, 7) is 1.72. The number of fused-ring (bicyclic) bond motifs is 1. The molecule has 3 N–H and O–H groups in total. The molecule has 1 saturated carbocycles. The third-order valence-electron chi connectivity index (χ3n) is 4.30. The van der Waals surface area contributed by atoms with Gasteiger partial charge in [0.1, 0.15) is 0 Å². The molecule has 1 aromatic carbocycles. The molecule has 1 heterocycles. The Balaban J connectivity index is 1.60. The topological polar surface area (TPSA) is 76.8 Å². The molecule has 22 heavy (non-hydrogen) atoms. The molecule has 0 spiro atoms. The third-order valence-corrected chi connectivity index (χ3v) is 4.30. The van der Waals surface area contributed by atoms with E-state index in [2.05, 4.69) is 5.32 Å². The van der Waals surface area contributed by atoms with Gasteiger partial charge in [-0.1, -0.05) is 12.1 Å². The number of carbonyl (C=O) groups excluding carboxylic acids is 1. The molecule has 3 rings (SSSR count). The summed E-state index contributed by atoms with van der Waals surface area (Å²) in [6, 6.07) is 6.17. The van der Waals surface area contributed by atoms with Crippen molar-refractivity contribution in [3.63, 3.8) is 0 Å². The highest BCUT2D eigenvalue weighted by Crippen LogP contribution is 2.33. The number of para-hydroxylation sites is 1. The highest BCUT2D eigenvalue weighted by molar-refractivity contribution is 5.74. The van der Waals surface area contributed by atoms with Crippen LogP contribution in [0.4, 0.5) is 4.79 Å². The minimum atomic E-state index is -0.0796. The molecule has 0 bridgehead atoms. The van der Waals surface area contributed by atoms with Crippen LogP contribution >= 0.6 is 0 Å². The fraction of sp³-hybridized carbons (Fsp3) is 0.562. The molecule has 120 valence electrons. The van der Waals surface area contributed by atoms with E-state index in [0.717, 1.165) is 36.3 Å². The maximum absolute atomic E-state index is 12.2. The van der Waals surface area contributed by atoms with Gasteiger partial charge in [0.05, 0.1) is 13.2 Å². The van der Waals surface area contributed by atoms with Gasteiger partial charge >= 0.3 is 6.03 Å². The van der Waals surface area contributed by atoms with Gasteiger partial charge in [-0.05, 0) is 18.9 Å². The van der Waals surface area contributed by atoms with Crippen LogP contribution in [-0.4, -0.2) is 43.3 Å². The van der Waals surface area contributed by atoms with E-state index in [4.69, 9.17) is 15.2 Å². The lowest BCUT2D eigenvalue weighted by Crippen LogP contribution is -2.53. The Bertz CT molecular complexity index is 543. The number of nitrogens with zero attached hydrogens (tertiary/aromatic N) is 1. The Labute approximate surface area is 130 Å². The van der Waals surface area contributed by atoms with Crippen LogP contribution in [-0.2, 0) is 6.54 Å². The average molecular weight is 305 g/mol. The van der Waals surface area contributed by atoms with E-state index in [0.29, 0.717) is 19.8 Å². The fourth-order valence-corrected chi connectivity index (χ4v) is 2.80. The average Bonchev–Trinajstić information content (AvgIpc) is 2.74. The number of amides is 2. The summed E-state index contributed by atoms with van der Waals surface area (Å²) in [7, 11) is 1.82. The second-order valence-electron chi connectivity index (χ2n) is 5.95. The first kappa shape index (κ1) is 15.0. The Morgan fingerprint density at radius 2 is 2.14 bits per heavy atom. The fourth-order valence-electron chi connectivity index (χ4n) is 2.80. The SMILES string of the molecule is CN(C(=O)NCc1cccc2c1OCCCO2)C1CC(N)C1. The lowest BCUT2D eigenvalue weighted by Gasteiger charge is -2.39. The highest BCUT2D eigenvalue weighted by Gasteiger charge is 2.31. The molecule has 0 saturated heterocycles. The number of nitrogens with two attached hydrogens (primary N) is 1. The standard InChI is InChI=1S/C16H23N3O3/c1-19(13-8-12(17)9-13)16(20)18-10-11-4-2-5-14-15(11)22-7-3-6-21-14/h2,4-5,12-13H,3,6-10,17H2,1H3,(H,18,20). The molecule has 1 aliphatic carbocycles. The van der Waals surface area contributed by atoms with Gasteiger partial charge in [-0.2, -0.15) is 0 Å². The summed E-state index contributed by atoms with van der Waals surface area (Å²) in [5, 5.41) is 2.94. The zero-order chi connectivity index (χ0) is 15.5. The van der Waals surface area contributed by atoms with Gasteiger partial charge in [0.25, 0.3) is 0 Å². The number of urea groups is 1. The molecule has 0 atom stereocenters. The van der Waals surface area contributed by atoms with Crippen LogP contribution in [0.25, 0.3) is 0 Å². The predicted molar refractivity (Wildman–Crippen MR) is 83.0 cm³/mol. The first-order valence-corrected chi connectivity index (χ1v) is 7.79. The normalized spacial score (nSPS) is 23.2. The van der Waals surface area contributed by atoms with Gasteiger partial charge in [0.2, 0.25) is 0 Å². The zero-order valence-corrected chi connectivity index (χ0v) is 12.9. The van der Waals surface area contributed by atoms with Crippen LogP contribution in [0.15, 0.2) is 18.2 Å². The van der Waals surface area contributed by atoms with Crippen molar-refractivity contribution in [3.8, 4) is 11.5 Å². The Morgan fingerprint density at radius 1 is 1.36 bits per heavy atom. The molecule has 2 amide bonds. The Morgan fingerprint density at radius 3 is 2.91 bits per heavy atom. The van der Waals surface area contributed by atoms with Crippen molar-refractivity contribution < 1.29 is 14.3 Å². The highest BCUT2D eigenvalue weighted by atomic mass is 16.5. The van der Waals surface area contributed by atoms with Crippen LogP contribution in [0.5, 0.6) is 11.5 Å². The van der Waals surface area contributed by atoms with E-state index < -0.39 is 0 Å². The van der Waals surface area contributed by atoms with E-state index in [-0.39, 0.29) is 18.1 Å². The van der Waals surface area contributed by atoms with Crippen molar-refractivity contribution in [3.05, 3.63) is 23.8 Å². The minimum absolute atomic E-state index is 0.0796. The molecular formula is C16H23N3O3. The first-order chi connectivity index (χ1) is 10.6.